The van der Waals surface area contributed by atoms with Gasteiger partial charge in [-0.25, -0.2) is 0 Å². The number of hydroxylamine groups is 2. The first-order valence-electron chi connectivity index (χ1n) is 7.37. The van der Waals surface area contributed by atoms with Crippen LogP contribution in [0.4, 0.5) is 0 Å². The van der Waals surface area contributed by atoms with Crippen LogP contribution in [0.5, 0.6) is 0 Å². The fourth-order valence-electron chi connectivity index (χ4n) is 3.53. The minimum absolute atomic E-state index is 0.206. The first-order chi connectivity index (χ1) is 10.1. The summed E-state index contributed by atoms with van der Waals surface area (Å²) in [4.78, 5) is 5.81. The van der Waals surface area contributed by atoms with Crippen molar-refractivity contribution in [1.29, 1.82) is 5.26 Å². The number of halogens is 1. The Morgan fingerprint density at radius 2 is 2.24 bits per heavy atom. The molecule has 2 aliphatic rings. The second-order valence-corrected chi connectivity index (χ2v) is 6.30. The molecule has 1 saturated carbocycles. The Hall–Kier alpha value is -1.12. The summed E-state index contributed by atoms with van der Waals surface area (Å²) in [6.45, 7) is 3.20. The molecule has 0 amide bonds. The standard InChI is InChI=1S/C16H19ClN2O2/c1-10-11(2-3-14(17)13(10)8-18)9-19-15-4-5-16(20)12(15)6-7-21-19/h2-3,12,15-16,20H,4-7,9H2,1H3/t12?,15?,16-/m0/s1. The highest BCUT2D eigenvalue weighted by atomic mass is 35.5. The van der Waals surface area contributed by atoms with Crippen molar-refractivity contribution >= 4 is 11.6 Å². The van der Waals surface area contributed by atoms with Gasteiger partial charge in [0.1, 0.15) is 6.07 Å². The van der Waals surface area contributed by atoms with Gasteiger partial charge in [-0.1, -0.05) is 17.7 Å². The number of nitriles is 1. The molecule has 0 bridgehead atoms. The van der Waals surface area contributed by atoms with Gasteiger partial charge in [-0.15, -0.1) is 0 Å². The summed E-state index contributed by atoms with van der Waals surface area (Å²) in [5, 5.41) is 21.7. The second-order valence-electron chi connectivity index (χ2n) is 5.89. The second kappa shape index (κ2) is 5.94. The predicted octanol–water partition coefficient (Wildman–Crippen LogP) is 2.80. The lowest BCUT2D eigenvalue weighted by Gasteiger charge is -2.37. The van der Waals surface area contributed by atoms with E-state index in [-0.39, 0.29) is 12.1 Å². The minimum Gasteiger partial charge on any atom is -0.393 e. The van der Waals surface area contributed by atoms with E-state index in [1.165, 1.54) is 0 Å². The lowest BCUT2D eigenvalue weighted by Crippen LogP contribution is -2.44. The van der Waals surface area contributed by atoms with E-state index in [4.69, 9.17) is 16.4 Å². The molecule has 1 aliphatic carbocycles. The number of aliphatic hydroxyl groups is 1. The number of aliphatic hydroxyl groups excluding tert-OH is 1. The third kappa shape index (κ3) is 2.67. The monoisotopic (exact) mass is 306 g/mol. The first kappa shape index (κ1) is 14.8. The third-order valence-corrected chi connectivity index (χ3v) is 5.10. The molecule has 0 spiro atoms. The summed E-state index contributed by atoms with van der Waals surface area (Å²) in [5.74, 6) is 0.307. The normalized spacial score (nSPS) is 29.1. The van der Waals surface area contributed by atoms with Crippen LogP contribution in [0.15, 0.2) is 12.1 Å². The molecule has 1 N–H and O–H groups in total. The van der Waals surface area contributed by atoms with Gasteiger partial charge in [0.05, 0.1) is 23.3 Å². The number of nitrogens with zero attached hydrogens (tertiary/aromatic N) is 2. The summed E-state index contributed by atoms with van der Waals surface area (Å²) in [6.07, 6.45) is 2.52. The van der Waals surface area contributed by atoms with Crippen molar-refractivity contribution < 1.29 is 9.94 Å². The van der Waals surface area contributed by atoms with Crippen molar-refractivity contribution in [3.63, 3.8) is 0 Å². The van der Waals surface area contributed by atoms with E-state index < -0.39 is 0 Å². The summed E-state index contributed by atoms with van der Waals surface area (Å²) < 4.78 is 0. The number of benzene rings is 1. The van der Waals surface area contributed by atoms with E-state index in [1.807, 2.05) is 18.1 Å². The predicted molar refractivity (Wildman–Crippen MR) is 79.5 cm³/mol. The van der Waals surface area contributed by atoms with Crippen LogP contribution in [-0.2, 0) is 11.4 Å². The van der Waals surface area contributed by atoms with Crippen molar-refractivity contribution in [2.75, 3.05) is 6.61 Å². The van der Waals surface area contributed by atoms with Gasteiger partial charge in [0.25, 0.3) is 0 Å². The molecule has 0 aromatic heterocycles. The van der Waals surface area contributed by atoms with E-state index >= 15 is 0 Å². The summed E-state index contributed by atoms with van der Waals surface area (Å²) in [7, 11) is 0. The van der Waals surface area contributed by atoms with Crippen LogP contribution in [0.2, 0.25) is 5.02 Å². The Morgan fingerprint density at radius 1 is 1.43 bits per heavy atom. The molecule has 2 unspecified atom stereocenters. The molecule has 21 heavy (non-hydrogen) atoms. The molecule has 112 valence electrons. The number of fused-ring (bicyclic) bond motifs is 1. The summed E-state index contributed by atoms with van der Waals surface area (Å²) in [6, 6.07) is 6.16. The highest BCUT2D eigenvalue weighted by Gasteiger charge is 2.41. The zero-order chi connectivity index (χ0) is 15.0. The van der Waals surface area contributed by atoms with Crippen molar-refractivity contribution in [2.45, 2.75) is 44.9 Å². The SMILES string of the molecule is Cc1c(CN2OCCC3C2CC[C@@H]3O)ccc(Cl)c1C#N. The van der Waals surface area contributed by atoms with Crippen LogP contribution in [0.1, 0.15) is 36.0 Å². The van der Waals surface area contributed by atoms with E-state index in [9.17, 15) is 10.4 Å². The van der Waals surface area contributed by atoms with Crippen LogP contribution < -0.4 is 0 Å². The van der Waals surface area contributed by atoms with E-state index in [0.717, 1.165) is 30.4 Å². The maximum absolute atomic E-state index is 10.0. The fourth-order valence-corrected chi connectivity index (χ4v) is 3.78. The Morgan fingerprint density at radius 3 is 3.00 bits per heavy atom. The third-order valence-electron chi connectivity index (χ3n) is 4.79. The zero-order valence-corrected chi connectivity index (χ0v) is 12.8. The van der Waals surface area contributed by atoms with Gasteiger partial charge in [-0.05, 0) is 43.4 Å². The zero-order valence-electron chi connectivity index (χ0n) is 12.1. The van der Waals surface area contributed by atoms with E-state index in [0.29, 0.717) is 29.7 Å². The van der Waals surface area contributed by atoms with Gasteiger partial charge in [0.15, 0.2) is 0 Å². The Balaban J connectivity index is 1.82. The van der Waals surface area contributed by atoms with Crippen molar-refractivity contribution in [3.05, 3.63) is 33.8 Å². The van der Waals surface area contributed by atoms with E-state index in [2.05, 4.69) is 6.07 Å². The maximum Gasteiger partial charge on any atom is 0.101 e. The average molecular weight is 307 g/mol. The van der Waals surface area contributed by atoms with Crippen molar-refractivity contribution in [3.8, 4) is 6.07 Å². The quantitative estimate of drug-likeness (QED) is 0.913. The highest BCUT2D eigenvalue weighted by molar-refractivity contribution is 6.31. The highest BCUT2D eigenvalue weighted by Crippen LogP contribution is 2.37. The Labute approximate surface area is 129 Å². The van der Waals surface area contributed by atoms with Gasteiger partial charge in [0, 0.05) is 18.5 Å². The van der Waals surface area contributed by atoms with Crippen LogP contribution in [-0.4, -0.2) is 28.9 Å². The summed E-state index contributed by atoms with van der Waals surface area (Å²) >= 11 is 6.05. The molecule has 1 aliphatic heterocycles. The molecule has 1 heterocycles. The van der Waals surface area contributed by atoms with Gasteiger partial charge >= 0.3 is 0 Å². The van der Waals surface area contributed by atoms with Crippen LogP contribution in [0.25, 0.3) is 0 Å². The molecule has 3 atom stereocenters. The topological polar surface area (TPSA) is 56.5 Å². The van der Waals surface area contributed by atoms with Crippen LogP contribution >= 0.6 is 11.6 Å². The van der Waals surface area contributed by atoms with Gasteiger partial charge in [0.2, 0.25) is 0 Å². The molecule has 0 radical (unpaired) electrons. The van der Waals surface area contributed by atoms with Gasteiger partial charge in [-0.2, -0.15) is 10.3 Å². The fraction of sp³-hybridized carbons (Fsp3) is 0.562. The largest absolute Gasteiger partial charge is 0.393 e. The molecular formula is C16H19ClN2O2. The maximum atomic E-state index is 10.0. The molecule has 3 rings (SSSR count). The molecular weight excluding hydrogens is 288 g/mol. The van der Waals surface area contributed by atoms with Gasteiger partial charge in [-0.3, -0.25) is 4.84 Å². The number of hydrogen-bond acceptors (Lipinski definition) is 4. The molecule has 1 aromatic carbocycles. The number of rotatable bonds is 2. The van der Waals surface area contributed by atoms with Crippen LogP contribution in [0, 0.1) is 24.2 Å². The summed E-state index contributed by atoms with van der Waals surface area (Å²) in [5.41, 5.74) is 2.50. The molecule has 1 saturated heterocycles. The Bertz CT molecular complexity index is 584. The first-order valence-corrected chi connectivity index (χ1v) is 7.75. The van der Waals surface area contributed by atoms with Crippen molar-refractivity contribution in [2.24, 2.45) is 5.92 Å². The smallest absolute Gasteiger partial charge is 0.101 e. The Kier molecular flexibility index (Phi) is 4.19. The van der Waals surface area contributed by atoms with Crippen LogP contribution in [0.3, 0.4) is 0 Å². The molecule has 1 aromatic rings. The average Bonchev–Trinajstić information content (AvgIpc) is 2.85. The number of hydrogen-bond donors (Lipinski definition) is 1. The lowest BCUT2D eigenvalue weighted by molar-refractivity contribution is -0.233. The lowest BCUT2D eigenvalue weighted by atomic mass is 9.95. The molecule has 4 nitrogen and oxygen atoms in total. The molecule has 2 fully saturated rings. The van der Waals surface area contributed by atoms with Gasteiger partial charge < -0.3 is 5.11 Å². The van der Waals surface area contributed by atoms with E-state index in [1.54, 1.807) is 6.07 Å². The minimum atomic E-state index is -0.206. The molecule has 5 heteroatoms. The van der Waals surface area contributed by atoms with Crippen molar-refractivity contribution in [1.82, 2.24) is 5.06 Å².